The molecular weight excluding hydrogens is 190 g/mol. The van der Waals surface area contributed by atoms with E-state index in [1.807, 2.05) is 19.1 Å². The minimum absolute atomic E-state index is 0.388. The number of benzene rings is 1. The van der Waals surface area contributed by atoms with Gasteiger partial charge in [0.05, 0.1) is 18.2 Å². The molecule has 0 atom stereocenters. The lowest BCUT2D eigenvalue weighted by atomic mass is 9.96. The van der Waals surface area contributed by atoms with Gasteiger partial charge in [0.25, 0.3) is 0 Å². The number of esters is 1. The Morgan fingerprint density at radius 1 is 1.53 bits per heavy atom. The van der Waals surface area contributed by atoms with Crippen molar-refractivity contribution in [2.24, 2.45) is 0 Å². The molecule has 0 fully saturated rings. The largest absolute Gasteiger partial charge is 0.465 e. The molecule has 1 aromatic carbocycles. The third-order valence-electron chi connectivity index (χ3n) is 2.38. The average molecular weight is 203 g/mol. The smallest absolute Gasteiger partial charge is 0.339 e. The number of ether oxygens (including phenoxy) is 1. The topological polar surface area (TPSA) is 50.1 Å². The minimum Gasteiger partial charge on any atom is -0.465 e. The summed E-state index contributed by atoms with van der Waals surface area (Å²) in [6.45, 7) is 3.75. The van der Waals surface area contributed by atoms with E-state index in [0.717, 1.165) is 17.5 Å². The van der Waals surface area contributed by atoms with Crippen molar-refractivity contribution >= 4 is 5.97 Å². The van der Waals surface area contributed by atoms with E-state index in [0.29, 0.717) is 11.1 Å². The van der Waals surface area contributed by atoms with Crippen molar-refractivity contribution in [1.82, 2.24) is 0 Å². The van der Waals surface area contributed by atoms with Gasteiger partial charge in [-0.1, -0.05) is 19.1 Å². The van der Waals surface area contributed by atoms with E-state index >= 15 is 0 Å². The summed E-state index contributed by atoms with van der Waals surface area (Å²) in [6.07, 6.45) is 0.729. The molecule has 0 aliphatic heterocycles. The van der Waals surface area contributed by atoms with E-state index in [-0.39, 0.29) is 0 Å². The lowest BCUT2D eigenvalue weighted by molar-refractivity contribution is 0.0599. The van der Waals surface area contributed by atoms with E-state index in [4.69, 9.17) is 5.26 Å². The summed E-state index contributed by atoms with van der Waals surface area (Å²) in [4.78, 5) is 11.5. The van der Waals surface area contributed by atoms with Gasteiger partial charge in [0, 0.05) is 0 Å². The van der Waals surface area contributed by atoms with Gasteiger partial charge >= 0.3 is 5.97 Å². The molecule has 1 aromatic rings. The first-order valence-electron chi connectivity index (χ1n) is 4.76. The molecule has 3 nitrogen and oxygen atoms in total. The molecular formula is C12H13NO2. The second-order valence-corrected chi connectivity index (χ2v) is 3.25. The molecule has 0 radical (unpaired) electrons. The molecule has 0 heterocycles. The van der Waals surface area contributed by atoms with E-state index in [1.54, 1.807) is 6.92 Å². The molecule has 15 heavy (non-hydrogen) atoms. The van der Waals surface area contributed by atoms with Crippen LogP contribution in [-0.4, -0.2) is 13.1 Å². The van der Waals surface area contributed by atoms with Gasteiger partial charge in [0.2, 0.25) is 0 Å². The summed E-state index contributed by atoms with van der Waals surface area (Å²) in [6, 6.07) is 5.78. The third-order valence-corrected chi connectivity index (χ3v) is 2.38. The van der Waals surface area contributed by atoms with Gasteiger partial charge in [-0.2, -0.15) is 5.26 Å². The maximum Gasteiger partial charge on any atom is 0.339 e. The van der Waals surface area contributed by atoms with Crippen LogP contribution in [-0.2, 0) is 11.2 Å². The number of carbonyl (C=O) groups is 1. The zero-order valence-corrected chi connectivity index (χ0v) is 9.13. The second-order valence-electron chi connectivity index (χ2n) is 3.25. The fraction of sp³-hybridized carbons (Fsp3) is 0.333. The van der Waals surface area contributed by atoms with Crippen molar-refractivity contribution in [3.8, 4) is 6.07 Å². The van der Waals surface area contributed by atoms with Crippen LogP contribution in [0.2, 0.25) is 0 Å². The third kappa shape index (κ3) is 1.99. The van der Waals surface area contributed by atoms with Crippen LogP contribution in [0.4, 0.5) is 0 Å². The Labute approximate surface area is 89.3 Å². The SMILES string of the molecule is CCc1ccc(C)c(C(=O)OC)c1C#N. The molecule has 0 N–H and O–H groups in total. The number of rotatable bonds is 2. The highest BCUT2D eigenvalue weighted by atomic mass is 16.5. The Hall–Kier alpha value is -1.82. The predicted octanol–water partition coefficient (Wildman–Crippen LogP) is 2.22. The summed E-state index contributed by atoms with van der Waals surface area (Å²) >= 11 is 0. The highest BCUT2D eigenvalue weighted by molar-refractivity contribution is 5.94. The lowest BCUT2D eigenvalue weighted by Crippen LogP contribution is -2.08. The quantitative estimate of drug-likeness (QED) is 0.692. The van der Waals surface area contributed by atoms with Crippen LogP contribution in [0.3, 0.4) is 0 Å². The molecule has 0 aromatic heterocycles. The Morgan fingerprint density at radius 3 is 2.67 bits per heavy atom. The summed E-state index contributed by atoms with van der Waals surface area (Å²) < 4.78 is 4.67. The van der Waals surface area contributed by atoms with Crippen molar-refractivity contribution in [3.63, 3.8) is 0 Å². The first-order valence-corrected chi connectivity index (χ1v) is 4.76. The summed E-state index contributed by atoms with van der Waals surface area (Å²) in [5.74, 6) is -0.445. The highest BCUT2D eigenvalue weighted by Crippen LogP contribution is 2.19. The van der Waals surface area contributed by atoms with Gasteiger partial charge in [0.1, 0.15) is 6.07 Å². The first kappa shape index (κ1) is 11.3. The van der Waals surface area contributed by atoms with E-state index in [1.165, 1.54) is 7.11 Å². The van der Waals surface area contributed by atoms with E-state index in [2.05, 4.69) is 10.8 Å². The highest BCUT2D eigenvalue weighted by Gasteiger charge is 2.17. The van der Waals surface area contributed by atoms with Gasteiger partial charge in [-0.15, -0.1) is 0 Å². The van der Waals surface area contributed by atoms with Crippen molar-refractivity contribution < 1.29 is 9.53 Å². The van der Waals surface area contributed by atoms with Crippen LogP contribution in [0.25, 0.3) is 0 Å². The maximum atomic E-state index is 11.5. The molecule has 0 spiro atoms. The van der Waals surface area contributed by atoms with E-state index in [9.17, 15) is 4.79 Å². The minimum atomic E-state index is -0.445. The Morgan fingerprint density at radius 2 is 2.20 bits per heavy atom. The summed E-state index contributed by atoms with van der Waals surface area (Å²) in [5, 5.41) is 9.04. The normalized spacial score (nSPS) is 9.47. The van der Waals surface area contributed by atoms with Gasteiger partial charge < -0.3 is 4.74 Å². The molecule has 0 saturated carbocycles. The Bertz CT molecular complexity index is 430. The van der Waals surface area contributed by atoms with Gasteiger partial charge in [0.15, 0.2) is 0 Å². The van der Waals surface area contributed by atoms with Crippen LogP contribution in [0, 0.1) is 18.3 Å². The molecule has 1 rings (SSSR count). The number of nitrogens with zero attached hydrogens (tertiary/aromatic N) is 1. The first-order chi connectivity index (χ1) is 7.15. The van der Waals surface area contributed by atoms with Crippen molar-refractivity contribution in [3.05, 3.63) is 34.4 Å². The fourth-order valence-electron chi connectivity index (χ4n) is 1.54. The molecule has 0 bridgehead atoms. The maximum absolute atomic E-state index is 11.5. The fourth-order valence-corrected chi connectivity index (χ4v) is 1.54. The van der Waals surface area contributed by atoms with Crippen LogP contribution in [0.1, 0.15) is 34.0 Å². The zero-order valence-electron chi connectivity index (χ0n) is 9.13. The molecule has 0 aliphatic rings. The zero-order chi connectivity index (χ0) is 11.4. The number of aryl methyl sites for hydroxylation is 2. The van der Waals surface area contributed by atoms with Gasteiger partial charge in [-0.3, -0.25) is 0 Å². The molecule has 0 aliphatic carbocycles. The van der Waals surface area contributed by atoms with Crippen molar-refractivity contribution in [2.45, 2.75) is 20.3 Å². The number of methoxy groups -OCH3 is 1. The molecule has 0 saturated heterocycles. The van der Waals surface area contributed by atoms with Gasteiger partial charge in [-0.25, -0.2) is 4.79 Å². The molecule has 3 heteroatoms. The second kappa shape index (κ2) is 4.61. The summed E-state index contributed by atoms with van der Waals surface area (Å²) in [5.41, 5.74) is 2.47. The van der Waals surface area contributed by atoms with Crippen LogP contribution >= 0.6 is 0 Å². The lowest BCUT2D eigenvalue weighted by Gasteiger charge is -2.09. The van der Waals surface area contributed by atoms with Crippen LogP contribution in [0.15, 0.2) is 12.1 Å². The standard InChI is InChI=1S/C12H13NO2/c1-4-9-6-5-8(2)11(10(9)7-13)12(14)15-3/h5-6H,4H2,1-3H3. The number of nitriles is 1. The van der Waals surface area contributed by atoms with E-state index < -0.39 is 5.97 Å². The Balaban J connectivity index is 3.47. The monoisotopic (exact) mass is 203 g/mol. The average Bonchev–Trinajstić information content (AvgIpc) is 2.27. The molecule has 0 amide bonds. The number of hydrogen-bond acceptors (Lipinski definition) is 3. The van der Waals surface area contributed by atoms with Crippen molar-refractivity contribution in [1.29, 1.82) is 5.26 Å². The molecule has 0 unspecified atom stereocenters. The van der Waals surface area contributed by atoms with Crippen LogP contribution < -0.4 is 0 Å². The number of carbonyl (C=O) groups excluding carboxylic acids is 1. The molecule has 78 valence electrons. The Kier molecular flexibility index (Phi) is 3.46. The predicted molar refractivity (Wildman–Crippen MR) is 56.6 cm³/mol. The number of hydrogen-bond donors (Lipinski definition) is 0. The summed E-state index contributed by atoms with van der Waals surface area (Å²) in [7, 11) is 1.32. The van der Waals surface area contributed by atoms with Crippen LogP contribution in [0.5, 0.6) is 0 Å². The van der Waals surface area contributed by atoms with Gasteiger partial charge in [-0.05, 0) is 24.5 Å². The van der Waals surface area contributed by atoms with Crippen molar-refractivity contribution in [2.75, 3.05) is 7.11 Å².